The Morgan fingerprint density at radius 1 is 1.18 bits per heavy atom. The molecule has 1 N–H and O–H groups in total. The van der Waals surface area contributed by atoms with Crippen LogP contribution < -0.4 is 5.32 Å². The van der Waals surface area contributed by atoms with Crippen molar-refractivity contribution in [1.29, 1.82) is 0 Å². The second-order valence-corrected chi connectivity index (χ2v) is 5.28. The molecule has 0 radical (unpaired) electrons. The van der Waals surface area contributed by atoms with Gasteiger partial charge in [-0.2, -0.15) is 0 Å². The van der Waals surface area contributed by atoms with Crippen molar-refractivity contribution in [3.8, 4) is 0 Å². The van der Waals surface area contributed by atoms with Gasteiger partial charge in [-0.3, -0.25) is 4.79 Å². The Hall–Kier alpha value is -1.32. The van der Waals surface area contributed by atoms with Gasteiger partial charge >= 0.3 is 0 Å². The molecule has 88 valence electrons. The number of hydrogen-bond donors (Lipinski definition) is 1. The zero-order valence-corrected chi connectivity index (χ0v) is 10.7. The van der Waals surface area contributed by atoms with Gasteiger partial charge in [-0.25, -0.2) is 0 Å². The van der Waals surface area contributed by atoms with Crippen molar-refractivity contribution in [2.75, 3.05) is 11.9 Å². The molecule has 0 bridgehead atoms. The van der Waals surface area contributed by atoms with Crippen molar-refractivity contribution < 1.29 is 4.79 Å². The maximum Gasteiger partial charge on any atom is 0.174 e. The molecule has 2 aromatic rings. The molecule has 1 aromatic heterocycles. The number of halogens is 1. The van der Waals surface area contributed by atoms with Gasteiger partial charge in [-0.15, -0.1) is 11.3 Å². The lowest BCUT2D eigenvalue weighted by molar-refractivity contribution is 0.0990. The second-order valence-electron chi connectivity index (χ2n) is 3.57. The largest absolute Gasteiger partial charge is 0.385 e. The van der Waals surface area contributed by atoms with E-state index < -0.39 is 0 Å². The molecule has 1 aromatic carbocycles. The fraction of sp³-hybridized carbons (Fsp3) is 0.154. The van der Waals surface area contributed by atoms with E-state index in [2.05, 4.69) is 5.32 Å². The molecule has 0 aliphatic carbocycles. The van der Waals surface area contributed by atoms with Gasteiger partial charge in [0.1, 0.15) is 0 Å². The number of ketones is 1. The number of benzene rings is 1. The van der Waals surface area contributed by atoms with Crippen molar-refractivity contribution >= 4 is 34.4 Å². The molecule has 0 atom stereocenters. The van der Waals surface area contributed by atoms with Crippen LogP contribution in [-0.2, 0) is 0 Å². The molecular formula is C13H12ClNOS. The van der Waals surface area contributed by atoms with Crippen molar-refractivity contribution in [3.05, 3.63) is 51.7 Å². The molecule has 0 spiro atoms. The Morgan fingerprint density at radius 3 is 2.59 bits per heavy atom. The summed E-state index contributed by atoms with van der Waals surface area (Å²) in [6.07, 6.45) is 0.478. The molecule has 0 unspecified atom stereocenters. The minimum atomic E-state index is 0.130. The number of carbonyl (C=O) groups is 1. The van der Waals surface area contributed by atoms with E-state index >= 15 is 0 Å². The van der Waals surface area contributed by atoms with E-state index in [1.165, 1.54) is 11.3 Å². The third-order valence-electron chi connectivity index (χ3n) is 2.30. The summed E-state index contributed by atoms with van der Waals surface area (Å²) in [4.78, 5) is 12.5. The van der Waals surface area contributed by atoms with E-state index in [4.69, 9.17) is 11.6 Å². The van der Waals surface area contributed by atoms with Crippen LogP contribution in [-0.4, -0.2) is 12.3 Å². The number of rotatable bonds is 5. The summed E-state index contributed by atoms with van der Waals surface area (Å²) < 4.78 is 0.657. The Morgan fingerprint density at radius 2 is 1.94 bits per heavy atom. The molecule has 2 rings (SSSR count). The molecule has 0 aliphatic rings. The summed E-state index contributed by atoms with van der Waals surface area (Å²) in [7, 11) is 0. The average Bonchev–Trinajstić information content (AvgIpc) is 2.77. The van der Waals surface area contributed by atoms with Gasteiger partial charge < -0.3 is 5.32 Å². The minimum Gasteiger partial charge on any atom is -0.385 e. The highest BCUT2D eigenvalue weighted by Gasteiger charge is 2.07. The predicted octanol–water partition coefficient (Wildman–Crippen LogP) is 4.09. The predicted molar refractivity (Wildman–Crippen MR) is 73.2 cm³/mol. The normalized spacial score (nSPS) is 10.2. The van der Waals surface area contributed by atoms with E-state index in [0.29, 0.717) is 17.3 Å². The molecule has 4 heteroatoms. The first-order valence-corrected chi connectivity index (χ1v) is 6.52. The van der Waals surface area contributed by atoms with Crippen molar-refractivity contribution in [2.24, 2.45) is 0 Å². The highest BCUT2D eigenvalue weighted by Crippen LogP contribution is 2.22. The maximum absolute atomic E-state index is 11.8. The maximum atomic E-state index is 11.8. The zero-order valence-electron chi connectivity index (χ0n) is 9.15. The highest BCUT2D eigenvalue weighted by atomic mass is 35.5. The first-order valence-electron chi connectivity index (χ1n) is 5.33. The van der Waals surface area contributed by atoms with Crippen molar-refractivity contribution in [2.45, 2.75) is 6.42 Å². The fourth-order valence-corrected chi connectivity index (χ4v) is 2.47. The topological polar surface area (TPSA) is 29.1 Å². The van der Waals surface area contributed by atoms with Gasteiger partial charge in [-0.1, -0.05) is 29.8 Å². The number of anilines is 1. The van der Waals surface area contributed by atoms with E-state index in [9.17, 15) is 4.79 Å². The van der Waals surface area contributed by atoms with E-state index in [1.807, 2.05) is 30.3 Å². The van der Waals surface area contributed by atoms with Crippen LogP contribution in [0.3, 0.4) is 0 Å². The molecule has 0 saturated heterocycles. The number of Topliss-reactive ketones (excluding diaryl/α,β-unsaturated/α-hetero) is 1. The lowest BCUT2D eigenvalue weighted by atomic mass is 10.2. The van der Waals surface area contributed by atoms with E-state index in [1.54, 1.807) is 12.1 Å². The van der Waals surface area contributed by atoms with Gasteiger partial charge in [0.25, 0.3) is 0 Å². The first kappa shape index (κ1) is 12.1. The third-order valence-corrected chi connectivity index (χ3v) is 3.58. The summed E-state index contributed by atoms with van der Waals surface area (Å²) in [5.74, 6) is 0.130. The molecule has 0 aliphatic heterocycles. The van der Waals surface area contributed by atoms with Crippen LogP contribution in [0.2, 0.25) is 4.34 Å². The molecule has 0 amide bonds. The minimum absolute atomic E-state index is 0.130. The van der Waals surface area contributed by atoms with Gasteiger partial charge in [-0.05, 0) is 24.3 Å². The summed E-state index contributed by atoms with van der Waals surface area (Å²) in [6, 6.07) is 13.4. The van der Waals surface area contributed by atoms with Crippen molar-refractivity contribution in [3.63, 3.8) is 0 Å². The zero-order chi connectivity index (χ0) is 12.1. The van der Waals surface area contributed by atoms with Crippen LogP contribution in [0, 0.1) is 0 Å². The lowest BCUT2D eigenvalue weighted by Crippen LogP contribution is -2.07. The Balaban J connectivity index is 1.81. The Labute approximate surface area is 109 Å². The molecular weight excluding hydrogens is 254 g/mol. The van der Waals surface area contributed by atoms with Crippen LogP contribution in [0.1, 0.15) is 16.1 Å². The van der Waals surface area contributed by atoms with Gasteiger partial charge in [0, 0.05) is 18.7 Å². The smallest absolute Gasteiger partial charge is 0.174 e. The van der Waals surface area contributed by atoms with Gasteiger partial charge in [0.2, 0.25) is 0 Å². The summed E-state index contributed by atoms with van der Waals surface area (Å²) in [6.45, 7) is 0.637. The number of carbonyl (C=O) groups excluding carboxylic acids is 1. The molecule has 0 fully saturated rings. The number of thiophene rings is 1. The molecule has 17 heavy (non-hydrogen) atoms. The van der Waals surface area contributed by atoms with Crippen LogP contribution in [0.5, 0.6) is 0 Å². The number of nitrogens with one attached hydrogen (secondary N) is 1. The lowest BCUT2D eigenvalue weighted by Gasteiger charge is -2.04. The SMILES string of the molecule is O=C(CCNc1ccccc1)c1ccc(Cl)s1. The quantitative estimate of drug-likeness (QED) is 0.825. The molecule has 1 heterocycles. The number of para-hydroxylation sites is 1. The van der Waals surface area contributed by atoms with Crippen LogP contribution in [0.25, 0.3) is 0 Å². The van der Waals surface area contributed by atoms with Crippen LogP contribution in [0.4, 0.5) is 5.69 Å². The Bertz CT molecular complexity index is 495. The van der Waals surface area contributed by atoms with E-state index in [-0.39, 0.29) is 5.78 Å². The van der Waals surface area contributed by atoms with Crippen LogP contribution >= 0.6 is 22.9 Å². The summed E-state index contributed by atoms with van der Waals surface area (Å²) in [5, 5.41) is 3.20. The average molecular weight is 266 g/mol. The summed E-state index contributed by atoms with van der Waals surface area (Å²) >= 11 is 7.12. The van der Waals surface area contributed by atoms with Gasteiger partial charge in [0.15, 0.2) is 5.78 Å². The monoisotopic (exact) mass is 265 g/mol. The van der Waals surface area contributed by atoms with E-state index in [0.717, 1.165) is 10.6 Å². The highest BCUT2D eigenvalue weighted by molar-refractivity contribution is 7.18. The third kappa shape index (κ3) is 3.58. The standard InChI is InChI=1S/C13H12ClNOS/c14-13-7-6-12(17-13)11(16)8-9-15-10-4-2-1-3-5-10/h1-7,15H,8-9H2. The summed E-state index contributed by atoms with van der Waals surface area (Å²) in [5.41, 5.74) is 1.03. The second kappa shape index (κ2) is 5.84. The molecule has 2 nitrogen and oxygen atoms in total. The Kier molecular flexibility index (Phi) is 4.18. The first-order chi connectivity index (χ1) is 8.25. The fourth-order valence-electron chi connectivity index (χ4n) is 1.46. The van der Waals surface area contributed by atoms with Crippen molar-refractivity contribution in [1.82, 2.24) is 0 Å². The number of hydrogen-bond acceptors (Lipinski definition) is 3. The van der Waals surface area contributed by atoms with Crippen LogP contribution in [0.15, 0.2) is 42.5 Å². The molecule has 0 saturated carbocycles. The van der Waals surface area contributed by atoms with Gasteiger partial charge in [0.05, 0.1) is 9.21 Å².